The summed E-state index contributed by atoms with van der Waals surface area (Å²) in [6.07, 6.45) is 3.32. The van der Waals surface area contributed by atoms with E-state index < -0.39 is 10.0 Å². The van der Waals surface area contributed by atoms with E-state index in [-0.39, 0.29) is 18.0 Å². The fourth-order valence-electron chi connectivity index (χ4n) is 1.99. The van der Waals surface area contributed by atoms with Crippen molar-refractivity contribution in [3.05, 3.63) is 47.8 Å². The van der Waals surface area contributed by atoms with E-state index in [1.54, 1.807) is 0 Å². The zero-order valence-electron chi connectivity index (χ0n) is 11.9. The largest absolute Gasteiger partial charge is 0.394 e. The van der Waals surface area contributed by atoms with E-state index in [9.17, 15) is 8.42 Å². The number of nitrogens with one attached hydrogen (secondary N) is 1. The van der Waals surface area contributed by atoms with Crippen LogP contribution >= 0.6 is 0 Å². The van der Waals surface area contributed by atoms with Crippen molar-refractivity contribution >= 4 is 10.0 Å². The number of aromatic nitrogens is 2. The first-order valence-electron chi connectivity index (χ1n) is 6.70. The molecule has 1 aromatic heterocycles. The Hall–Kier alpha value is -1.70. The molecule has 7 heteroatoms. The Morgan fingerprint density at radius 2 is 2.19 bits per heavy atom. The topological polar surface area (TPSA) is 84.2 Å². The van der Waals surface area contributed by atoms with Crippen LogP contribution in [0.25, 0.3) is 0 Å². The third kappa shape index (κ3) is 4.38. The highest BCUT2D eigenvalue weighted by Crippen LogP contribution is 2.08. The lowest BCUT2D eigenvalue weighted by Gasteiger charge is -2.05. The van der Waals surface area contributed by atoms with E-state index in [4.69, 9.17) is 5.11 Å². The molecule has 0 spiro atoms. The number of hydrogen-bond acceptors (Lipinski definition) is 4. The molecule has 21 heavy (non-hydrogen) atoms. The van der Waals surface area contributed by atoms with Crippen LogP contribution in [0, 0.1) is 6.92 Å². The minimum absolute atomic E-state index is 0.0814. The van der Waals surface area contributed by atoms with E-state index >= 15 is 0 Å². The van der Waals surface area contributed by atoms with Crippen molar-refractivity contribution in [3.8, 4) is 0 Å². The quantitative estimate of drug-likeness (QED) is 0.789. The molecule has 0 amide bonds. The standard InChI is InChI=1S/C14H19N3O3S/c1-12-3-2-4-13(9-12)5-6-16-21(19,20)14-10-15-17(11-14)7-8-18/h2-4,9-11,16,18H,5-8H2,1H3. The first-order valence-corrected chi connectivity index (χ1v) is 8.18. The summed E-state index contributed by atoms with van der Waals surface area (Å²) in [7, 11) is -3.55. The van der Waals surface area contributed by atoms with Crippen molar-refractivity contribution < 1.29 is 13.5 Å². The van der Waals surface area contributed by atoms with Crippen LogP contribution in [0.15, 0.2) is 41.6 Å². The predicted molar refractivity (Wildman–Crippen MR) is 79.4 cm³/mol. The van der Waals surface area contributed by atoms with E-state index in [0.717, 1.165) is 11.1 Å². The van der Waals surface area contributed by atoms with Crippen LogP contribution in [0.3, 0.4) is 0 Å². The Morgan fingerprint density at radius 1 is 1.38 bits per heavy atom. The molecule has 6 nitrogen and oxygen atoms in total. The average Bonchev–Trinajstić information content (AvgIpc) is 2.88. The highest BCUT2D eigenvalue weighted by molar-refractivity contribution is 7.89. The molecule has 2 aromatic rings. The normalized spacial score (nSPS) is 11.7. The Kier molecular flexibility index (Phi) is 5.11. The maximum atomic E-state index is 12.1. The summed E-state index contributed by atoms with van der Waals surface area (Å²) in [5, 5.41) is 12.7. The van der Waals surface area contributed by atoms with Crippen LogP contribution < -0.4 is 4.72 Å². The number of hydrogen-bond donors (Lipinski definition) is 2. The van der Waals surface area contributed by atoms with Crippen molar-refractivity contribution in [2.45, 2.75) is 24.8 Å². The van der Waals surface area contributed by atoms with Gasteiger partial charge in [-0.1, -0.05) is 29.8 Å². The lowest BCUT2D eigenvalue weighted by atomic mass is 10.1. The zero-order chi connectivity index (χ0) is 15.3. The molecular weight excluding hydrogens is 290 g/mol. The first kappa shape index (κ1) is 15.7. The molecule has 2 rings (SSSR count). The summed E-state index contributed by atoms with van der Waals surface area (Å²) in [6, 6.07) is 7.97. The summed E-state index contributed by atoms with van der Waals surface area (Å²) < 4.78 is 28.1. The molecule has 2 N–H and O–H groups in total. The predicted octanol–water partition coefficient (Wildman–Crippen LogP) is 0.705. The summed E-state index contributed by atoms with van der Waals surface area (Å²) in [6.45, 7) is 2.53. The lowest BCUT2D eigenvalue weighted by molar-refractivity contribution is 0.269. The van der Waals surface area contributed by atoms with Gasteiger partial charge in [0, 0.05) is 12.7 Å². The number of aliphatic hydroxyl groups excluding tert-OH is 1. The number of sulfonamides is 1. The summed E-state index contributed by atoms with van der Waals surface area (Å²) in [5.41, 5.74) is 2.24. The number of benzene rings is 1. The third-order valence-electron chi connectivity index (χ3n) is 3.04. The van der Waals surface area contributed by atoms with E-state index in [2.05, 4.69) is 9.82 Å². The van der Waals surface area contributed by atoms with Crippen LogP contribution in [0.1, 0.15) is 11.1 Å². The number of nitrogens with zero attached hydrogens (tertiary/aromatic N) is 2. The van der Waals surface area contributed by atoms with E-state index in [1.807, 2.05) is 31.2 Å². The van der Waals surface area contributed by atoms with Crippen molar-refractivity contribution in [1.82, 2.24) is 14.5 Å². The van der Waals surface area contributed by atoms with Gasteiger partial charge in [-0.3, -0.25) is 4.68 Å². The SMILES string of the molecule is Cc1cccc(CCNS(=O)(=O)c2cnn(CCO)c2)c1. The molecule has 114 valence electrons. The smallest absolute Gasteiger partial charge is 0.243 e. The maximum Gasteiger partial charge on any atom is 0.243 e. The molecule has 0 bridgehead atoms. The number of aliphatic hydroxyl groups is 1. The lowest BCUT2D eigenvalue weighted by Crippen LogP contribution is -2.25. The van der Waals surface area contributed by atoms with Gasteiger partial charge in [-0.15, -0.1) is 0 Å². The molecular formula is C14H19N3O3S. The first-order chi connectivity index (χ1) is 10.0. The van der Waals surface area contributed by atoms with E-state index in [1.165, 1.54) is 17.1 Å². The molecule has 0 aliphatic rings. The van der Waals surface area contributed by atoms with Crippen molar-refractivity contribution in [3.63, 3.8) is 0 Å². The van der Waals surface area contributed by atoms with Gasteiger partial charge in [-0.2, -0.15) is 5.10 Å². The molecule has 0 fully saturated rings. The molecule has 1 heterocycles. The van der Waals surface area contributed by atoms with Gasteiger partial charge < -0.3 is 5.11 Å². The number of rotatable bonds is 7. The molecule has 0 aliphatic heterocycles. The molecule has 0 saturated carbocycles. The van der Waals surface area contributed by atoms with Gasteiger partial charge in [0.25, 0.3) is 0 Å². The summed E-state index contributed by atoms with van der Waals surface area (Å²) in [5.74, 6) is 0. The van der Waals surface area contributed by atoms with Gasteiger partial charge in [0.05, 0.1) is 19.3 Å². The Bertz CT molecular complexity index is 695. The average molecular weight is 309 g/mol. The fraction of sp³-hybridized carbons (Fsp3) is 0.357. The molecule has 0 atom stereocenters. The van der Waals surface area contributed by atoms with Crippen molar-refractivity contribution in [2.75, 3.05) is 13.2 Å². The van der Waals surface area contributed by atoms with Gasteiger partial charge in [-0.05, 0) is 18.9 Å². The van der Waals surface area contributed by atoms with Crippen molar-refractivity contribution in [2.24, 2.45) is 0 Å². The second-order valence-corrected chi connectivity index (χ2v) is 6.57. The van der Waals surface area contributed by atoms with Crippen LogP contribution in [0.4, 0.5) is 0 Å². The molecule has 0 radical (unpaired) electrons. The molecule has 0 aliphatic carbocycles. The highest BCUT2D eigenvalue weighted by Gasteiger charge is 2.15. The van der Waals surface area contributed by atoms with Gasteiger partial charge in [0.2, 0.25) is 10.0 Å². The number of aryl methyl sites for hydroxylation is 1. The minimum Gasteiger partial charge on any atom is -0.394 e. The van der Waals surface area contributed by atoms with Crippen LogP contribution in [0.5, 0.6) is 0 Å². The second-order valence-electron chi connectivity index (χ2n) is 4.80. The summed E-state index contributed by atoms with van der Waals surface area (Å²) in [4.78, 5) is 0.111. The second kappa shape index (κ2) is 6.84. The van der Waals surface area contributed by atoms with Crippen LogP contribution in [-0.4, -0.2) is 36.5 Å². The molecule has 0 unspecified atom stereocenters. The maximum absolute atomic E-state index is 12.1. The van der Waals surface area contributed by atoms with Gasteiger partial charge in [-0.25, -0.2) is 13.1 Å². The Balaban J connectivity index is 1.94. The van der Waals surface area contributed by atoms with E-state index in [0.29, 0.717) is 13.0 Å². The van der Waals surface area contributed by atoms with Crippen LogP contribution in [0.2, 0.25) is 0 Å². The molecule has 1 aromatic carbocycles. The van der Waals surface area contributed by atoms with Gasteiger partial charge in [0.1, 0.15) is 4.90 Å². The molecule has 0 saturated heterocycles. The Labute approximate surface area is 124 Å². The van der Waals surface area contributed by atoms with Crippen LogP contribution in [-0.2, 0) is 23.0 Å². The van der Waals surface area contributed by atoms with Gasteiger partial charge in [0.15, 0.2) is 0 Å². The minimum atomic E-state index is -3.55. The highest BCUT2D eigenvalue weighted by atomic mass is 32.2. The zero-order valence-corrected chi connectivity index (χ0v) is 12.7. The Morgan fingerprint density at radius 3 is 2.90 bits per heavy atom. The fourth-order valence-corrected chi connectivity index (χ4v) is 2.97. The monoisotopic (exact) mass is 309 g/mol. The van der Waals surface area contributed by atoms with Crippen molar-refractivity contribution in [1.29, 1.82) is 0 Å². The summed E-state index contributed by atoms with van der Waals surface area (Å²) >= 11 is 0. The third-order valence-corrected chi connectivity index (χ3v) is 4.45. The van der Waals surface area contributed by atoms with Gasteiger partial charge >= 0.3 is 0 Å².